The van der Waals surface area contributed by atoms with Crippen LogP contribution in [0.25, 0.3) is 0 Å². The first kappa shape index (κ1) is 21.3. The molecule has 0 unspecified atom stereocenters. The lowest BCUT2D eigenvalue weighted by Crippen LogP contribution is -2.38. The lowest BCUT2D eigenvalue weighted by Gasteiger charge is -2.27. The SMILES string of the molecule is CCCC(=O)Nc1ccc(C(=O)CSc2nnc(N3CCOCC3)n2CC)cc1. The van der Waals surface area contributed by atoms with Crippen molar-refractivity contribution >= 4 is 35.1 Å². The third-order valence-electron chi connectivity index (χ3n) is 4.61. The zero-order chi connectivity index (χ0) is 20.6. The van der Waals surface area contributed by atoms with Crippen LogP contribution in [-0.2, 0) is 16.1 Å². The Hall–Kier alpha value is -2.39. The second-order valence-corrected chi connectivity index (χ2v) is 7.66. The number of hydrogen-bond acceptors (Lipinski definition) is 7. The number of carbonyl (C=O) groups is 2. The number of rotatable bonds is 9. The Morgan fingerprint density at radius 2 is 1.86 bits per heavy atom. The minimum Gasteiger partial charge on any atom is -0.378 e. The summed E-state index contributed by atoms with van der Waals surface area (Å²) in [6.07, 6.45) is 1.29. The zero-order valence-electron chi connectivity index (χ0n) is 16.9. The summed E-state index contributed by atoms with van der Waals surface area (Å²) in [6, 6.07) is 7.01. The van der Waals surface area contributed by atoms with Crippen molar-refractivity contribution in [2.24, 2.45) is 0 Å². The number of amides is 1. The molecule has 1 aliphatic rings. The van der Waals surface area contributed by atoms with Gasteiger partial charge in [0.1, 0.15) is 0 Å². The highest BCUT2D eigenvalue weighted by molar-refractivity contribution is 7.99. The molecule has 1 aromatic carbocycles. The van der Waals surface area contributed by atoms with Crippen LogP contribution in [0.15, 0.2) is 29.4 Å². The number of aromatic nitrogens is 3. The van der Waals surface area contributed by atoms with E-state index in [1.54, 1.807) is 24.3 Å². The van der Waals surface area contributed by atoms with Gasteiger partial charge in [0.15, 0.2) is 10.9 Å². The second kappa shape index (κ2) is 10.4. The summed E-state index contributed by atoms with van der Waals surface area (Å²) in [5, 5.41) is 12.2. The molecule has 156 valence electrons. The summed E-state index contributed by atoms with van der Waals surface area (Å²) >= 11 is 1.39. The maximum Gasteiger partial charge on any atom is 0.228 e. The van der Waals surface area contributed by atoms with Gasteiger partial charge < -0.3 is 15.0 Å². The molecule has 0 bridgehead atoms. The van der Waals surface area contributed by atoms with Gasteiger partial charge in [-0.25, -0.2) is 0 Å². The maximum atomic E-state index is 12.6. The molecule has 1 amide bonds. The Kier molecular flexibility index (Phi) is 7.65. The van der Waals surface area contributed by atoms with E-state index in [9.17, 15) is 9.59 Å². The van der Waals surface area contributed by atoms with Gasteiger partial charge in [0.2, 0.25) is 11.9 Å². The molecule has 1 aromatic heterocycles. The van der Waals surface area contributed by atoms with Crippen LogP contribution in [0.4, 0.5) is 11.6 Å². The highest BCUT2D eigenvalue weighted by atomic mass is 32.2. The normalized spacial score (nSPS) is 14.1. The fraction of sp³-hybridized carbons (Fsp3) is 0.500. The monoisotopic (exact) mass is 417 g/mol. The fourth-order valence-electron chi connectivity index (χ4n) is 3.07. The van der Waals surface area contributed by atoms with Crippen molar-refractivity contribution in [1.82, 2.24) is 14.8 Å². The van der Waals surface area contributed by atoms with E-state index in [1.165, 1.54) is 11.8 Å². The van der Waals surface area contributed by atoms with Crippen molar-refractivity contribution in [3.63, 3.8) is 0 Å². The molecule has 0 atom stereocenters. The molecule has 0 radical (unpaired) electrons. The van der Waals surface area contributed by atoms with Gasteiger partial charge >= 0.3 is 0 Å². The van der Waals surface area contributed by atoms with E-state index < -0.39 is 0 Å². The van der Waals surface area contributed by atoms with Crippen LogP contribution in [0.5, 0.6) is 0 Å². The van der Waals surface area contributed by atoms with E-state index in [0.29, 0.717) is 30.9 Å². The quantitative estimate of drug-likeness (QED) is 0.496. The van der Waals surface area contributed by atoms with Gasteiger partial charge in [0, 0.05) is 37.3 Å². The van der Waals surface area contributed by atoms with Gasteiger partial charge in [-0.3, -0.25) is 14.2 Å². The van der Waals surface area contributed by atoms with Crippen LogP contribution >= 0.6 is 11.8 Å². The van der Waals surface area contributed by atoms with Crippen molar-refractivity contribution < 1.29 is 14.3 Å². The topological polar surface area (TPSA) is 89.3 Å². The van der Waals surface area contributed by atoms with Gasteiger partial charge in [-0.05, 0) is 37.6 Å². The van der Waals surface area contributed by atoms with E-state index in [2.05, 4.69) is 20.4 Å². The molecule has 0 spiro atoms. The minimum absolute atomic E-state index is 0.0139. The molecular weight excluding hydrogens is 390 g/mol. The molecule has 8 nitrogen and oxygen atoms in total. The second-order valence-electron chi connectivity index (χ2n) is 6.71. The van der Waals surface area contributed by atoms with Crippen LogP contribution in [0, 0.1) is 0 Å². The number of benzene rings is 1. The lowest BCUT2D eigenvalue weighted by atomic mass is 10.1. The summed E-state index contributed by atoms with van der Waals surface area (Å²) < 4.78 is 7.44. The van der Waals surface area contributed by atoms with E-state index >= 15 is 0 Å². The first-order valence-electron chi connectivity index (χ1n) is 9.94. The van der Waals surface area contributed by atoms with E-state index in [-0.39, 0.29) is 17.4 Å². The maximum absolute atomic E-state index is 12.6. The number of Topliss-reactive ketones (excluding diaryl/α,β-unsaturated/α-hetero) is 1. The number of thioether (sulfide) groups is 1. The van der Waals surface area contributed by atoms with Crippen LogP contribution in [-0.4, -0.2) is 58.5 Å². The van der Waals surface area contributed by atoms with Crippen LogP contribution in [0.2, 0.25) is 0 Å². The molecule has 2 heterocycles. The predicted octanol–water partition coefficient (Wildman–Crippen LogP) is 2.85. The number of anilines is 2. The molecule has 3 rings (SSSR count). The Morgan fingerprint density at radius 3 is 2.52 bits per heavy atom. The average Bonchev–Trinajstić information content (AvgIpc) is 3.16. The van der Waals surface area contributed by atoms with Gasteiger partial charge in [-0.2, -0.15) is 0 Å². The average molecular weight is 418 g/mol. The number of nitrogens with zero attached hydrogens (tertiary/aromatic N) is 4. The summed E-state index contributed by atoms with van der Waals surface area (Å²) in [5.41, 5.74) is 1.32. The van der Waals surface area contributed by atoms with Crippen molar-refractivity contribution in [3.8, 4) is 0 Å². The largest absolute Gasteiger partial charge is 0.378 e. The Bertz CT molecular complexity index is 831. The van der Waals surface area contributed by atoms with Gasteiger partial charge in [0.05, 0.1) is 19.0 Å². The molecule has 1 aliphatic heterocycles. The lowest BCUT2D eigenvalue weighted by molar-refractivity contribution is -0.116. The van der Waals surface area contributed by atoms with Gasteiger partial charge in [-0.1, -0.05) is 18.7 Å². The molecule has 1 N–H and O–H groups in total. The van der Waals surface area contributed by atoms with Crippen molar-refractivity contribution in [2.75, 3.05) is 42.3 Å². The Morgan fingerprint density at radius 1 is 1.14 bits per heavy atom. The molecule has 29 heavy (non-hydrogen) atoms. The summed E-state index contributed by atoms with van der Waals surface area (Å²) in [4.78, 5) is 26.4. The first-order valence-corrected chi connectivity index (χ1v) is 10.9. The molecule has 2 aromatic rings. The Balaban J connectivity index is 1.59. The van der Waals surface area contributed by atoms with E-state index in [4.69, 9.17) is 4.74 Å². The number of ether oxygens (including phenoxy) is 1. The smallest absolute Gasteiger partial charge is 0.228 e. The molecule has 9 heteroatoms. The highest BCUT2D eigenvalue weighted by Gasteiger charge is 2.20. The van der Waals surface area contributed by atoms with Crippen molar-refractivity contribution in [2.45, 2.75) is 38.4 Å². The number of nitrogens with one attached hydrogen (secondary N) is 1. The molecule has 1 fully saturated rings. The summed E-state index contributed by atoms with van der Waals surface area (Å²) in [6.45, 7) is 7.71. The van der Waals surface area contributed by atoms with Gasteiger partial charge in [0.25, 0.3) is 0 Å². The van der Waals surface area contributed by atoms with Crippen molar-refractivity contribution in [1.29, 1.82) is 0 Å². The number of hydrogen-bond donors (Lipinski definition) is 1. The summed E-state index contributed by atoms with van der Waals surface area (Å²) in [7, 11) is 0. The van der Waals surface area contributed by atoms with Crippen molar-refractivity contribution in [3.05, 3.63) is 29.8 Å². The zero-order valence-corrected chi connectivity index (χ0v) is 17.7. The molecule has 1 saturated heterocycles. The standard InChI is InChI=1S/C20H27N5O3S/c1-3-5-18(27)21-16-8-6-15(7-9-16)17(26)14-29-20-23-22-19(25(20)4-2)24-10-12-28-13-11-24/h6-9H,3-5,10-14H2,1-2H3,(H,21,27). The third-order valence-corrected chi connectivity index (χ3v) is 5.57. The van der Waals surface area contributed by atoms with E-state index in [1.807, 2.05) is 18.4 Å². The van der Waals surface area contributed by atoms with Crippen LogP contribution < -0.4 is 10.2 Å². The van der Waals surface area contributed by atoms with Crippen LogP contribution in [0.3, 0.4) is 0 Å². The van der Waals surface area contributed by atoms with E-state index in [0.717, 1.165) is 37.2 Å². The highest BCUT2D eigenvalue weighted by Crippen LogP contribution is 2.23. The number of morpholine rings is 1. The molecule has 0 saturated carbocycles. The van der Waals surface area contributed by atoms with Crippen LogP contribution in [0.1, 0.15) is 37.0 Å². The molecular formula is C20H27N5O3S. The number of ketones is 1. The number of carbonyl (C=O) groups excluding carboxylic acids is 2. The Labute approximate surface area is 175 Å². The molecule has 0 aliphatic carbocycles. The van der Waals surface area contributed by atoms with Gasteiger partial charge in [-0.15, -0.1) is 10.2 Å². The predicted molar refractivity (Wildman–Crippen MR) is 114 cm³/mol. The first-order chi connectivity index (χ1) is 14.1. The third kappa shape index (κ3) is 5.57. The summed E-state index contributed by atoms with van der Waals surface area (Å²) in [5.74, 6) is 1.11. The fourth-order valence-corrected chi connectivity index (χ4v) is 3.96. The minimum atomic E-state index is -0.0166.